The van der Waals surface area contributed by atoms with Gasteiger partial charge >= 0.3 is 0 Å². The maximum Gasteiger partial charge on any atom is 0.0471 e. The minimum absolute atomic E-state index is 0.240. The van der Waals surface area contributed by atoms with Crippen LogP contribution in [-0.4, -0.2) is 23.9 Å². The summed E-state index contributed by atoms with van der Waals surface area (Å²) in [4.78, 5) is 0. The molecule has 0 aliphatic rings. The summed E-state index contributed by atoms with van der Waals surface area (Å²) in [6, 6.07) is 9.95. The lowest BCUT2D eigenvalue weighted by Crippen LogP contribution is -1.88. The second kappa shape index (κ2) is 7.25. The average molecular weight is 154 g/mol. The summed E-state index contributed by atoms with van der Waals surface area (Å²) in [5, 5.41) is 15.5. The van der Waals surface area contributed by atoms with Crippen molar-refractivity contribution in [1.82, 2.24) is 0 Å². The van der Waals surface area contributed by atoms with Gasteiger partial charge in [0.1, 0.15) is 0 Å². The standard InChI is InChI=1S/C8H10O.CH4O/c9-7-6-8-4-2-1-3-5-8;1-2/h1-5,9H,6-7H2;2H,1H3. The van der Waals surface area contributed by atoms with E-state index in [1.165, 1.54) is 5.56 Å². The van der Waals surface area contributed by atoms with Gasteiger partial charge in [0.05, 0.1) is 0 Å². The second-order valence-electron chi connectivity index (χ2n) is 1.96. The first-order valence-electron chi connectivity index (χ1n) is 3.53. The monoisotopic (exact) mass is 154 g/mol. The van der Waals surface area contributed by atoms with E-state index >= 15 is 0 Å². The van der Waals surface area contributed by atoms with Gasteiger partial charge in [-0.2, -0.15) is 0 Å². The Kier molecular flexibility index (Phi) is 6.68. The first-order valence-corrected chi connectivity index (χ1v) is 3.53. The summed E-state index contributed by atoms with van der Waals surface area (Å²) in [6.45, 7) is 0.240. The molecular formula is C9H14O2. The van der Waals surface area contributed by atoms with Crippen LogP contribution in [0.4, 0.5) is 0 Å². The van der Waals surface area contributed by atoms with Crippen LogP contribution in [0.15, 0.2) is 30.3 Å². The van der Waals surface area contributed by atoms with Crippen LogP contribution in [0.3, 0.4) is 0 Å². The van der Waals surface area contributed by atoms with E-state index in [4.69, 9.17) is 10.2 Å². The van der Waals surface area contributed by atoms with E-state index in [-0.39, 0.29) is 6.61 Å². The van der Waals surface area contributed by atoms with Gasteiger partial charge in [0, 0.05) is 13.7 Å². The zero-order valence-corrected chi connectivity index (χ0v) is 6.70. The number of hydrogen-bond acceptors (Lipinski definition) is 2. The summed E-state index contributed by atoms with van der Waals surface area (Å²) in [6.07, 6.45) is 0.765. The van der Waals surface area contributed by atoms with Crippen molar-refractivity contribution in [2.24, 2.45) is 0 Å². The predicted octanol–water partition coefficient (Wildman–Crippen LogP) is 0.830. The van der Waals surface area contributed by atoms with Crippen LogP contribution in [-0.2, 0) is 6.42 Å². The minimum atomic E-state index is 0.240. The van der Waals surface area contributed by atoms with E-state index in [1.807, 2.05) is 30.3 Å². The van der Waals surface area contributed by atoms with Gasteiger partial charge in [0.2, 0.25) is 0 Å². The molecule has 0 bridgehead atoms. The van der Waals surface area contributed by atoms with Crippen molar-refractivity contribution in [2.45, 2.75) is 6.42 Å². The number of benzene rings is 1. The highest BCUT2D eigenvalue weighted by Crippen LogP contribution is 1.97. The predicted molar refractivity (Wildman–Crippen MR) is 45.4 cm³/mol. The Hall–Kier alpha value is -0.860. The van der Waals surface area contributed by atoms with E-state index in [1.54, 1.807) is 0 Å². The highest BCUT2D eigenvalue weighted by molar-refractivity contribution is 5.14. The van der Waals surface area contributed by atoms with E-state index in [9.17, 15) is 0 Å². The molecule has 0 saturated carbocycles. The Morgan fingerprint density at radius 2 is 1.64 bits per heavy atom. The summed E-state index contributed by atoms with van der Waals surface area (Å²) in [7, 11) is 1.00. The molecule has 0 saturated heterocycles. The number of hydrogen-bond donors (Lipinski definition) is 2. The molecule has 0 atom stereocenters. The zero-order chi connectivity index (χ0) is 8.53. The number of aliphatic hydroxyl groups is 2. The molecular weight excluding hydrogens is 140 g/mol. The van der Waals surface area contributed by atoms with Crippen molar-refractivity contribution in [1.29, 1.82) is 0 Å². The molecule has 0 aliphatic heterocycles. The molecule has 1 rings (SSSR count). The van der Waals surface area contributed by atoms with Crippen molar-refractivity contribution in [3.05, 3.63) is 35.9 Å². The second-order valence-corrected chi connectivity index (χ2v) is 1.96. The van der Waals surface area contributed by atoms with Crippen molar-refractivity contribution >= 4 is 0 Å². The Labute approximate surface area is 67.1 Å². The lowest BCUT2D eigenvalue weighted by atomic mass is 10.2. The summed E-state index contributed by atoms with van der Waals surface area (Å²) in [5.41, 5.74) is 1.19. The molecule has 0 spiro atoms. The third-order valence-corrected chi connectivity index (χ3v) is 1.24. The van der Waals surface area contributed by atoms with Gasteiger partial charge in [0.25, 0.3) is 0 Å². The smallest absolute Gasteiger partial charge is 0.0471 e. The molecule has 0 radical (unpaired) electrons. The SMILES string of the molecule is CO.OCCc1ccccc1. The zero-order valence-electron chi connectivity index (χ0n) is 6.70. The van der Waals surface area contributed by atoms with Crippen LogP contribution in [0.25, 0.3) is 0 Å². The lowest BCUT2D eigenvalue weighted by molar-refractivity contribution is 0.299. The summed E-state index contributed by atoms with van der Waals surface area (Å²) >= 11 is 0. The molecule has 2 nitrogen and oxygen atoms in total. The molecule has 0 aliphatic carbocycles. The van der Waals surface area contributed by atoms with Crippen LogP contribution < -0.4 is 0 Å². The van der Waals surface area contributed by atoms with Gasteiger partial charge in [-0.15, -0.1) is 0 Å². The highest BCUT2D eigenvalue weighted by Gasteiger charge is 1.85. The average Bonchev–Trinajstić information content (AvgIpc) is 2.11. The third-order valence-electron chi connectivity index (χ3n) is 1.24. The maximum absolute atomic E-state index is 8.52. The Morgan fingerprint density at radius 3 is 2.09 bits per heavy atom. The van der Waals surface area contributed by atoms with Crippen LogP contribution in [0, 0.1) is 0 Å². The summed E-state index contributed by atoms with van der Waals surface area (Å²) < 4.78 is 0. The van der Waals surface area contributed by atoms with Crippen molar-refractivity contribution < 1.29 is 10.2 Å². The van der Waals surface area contributed by atoms with Crippen molar-refractivity contribution in [3.63, 3.8) is 0 Å². The largest absolute Gasteiger partial charge is 0.400 e. The van der Waals surface area contributed by atoms with E-state index < -0.39 is 0 Å². The molecule has 0 heterocycles. The Morgan fingerprint density at radius 1 is 1.09 bits per heavy atom. The molecule has 0 aromatic heterocycles. The molecule has 1 aromatic rings. The fourth-order valence-corrected chi connectivity index (χ4v) is 0.774. The quantitative estimate of drug-likeness (QED) is 0.662. The van der Waals surface area contributed by atoms with Gasteiger partial charge in [0.15, 0.2) is 0 Å². The minimum Gasteiger partial charge on any atom is -0.400 e. The molecule has 0 amide bonds. The van der Waals surface area contributed by atoms with Gasteiger partial charge in [-0.1, -0.05) is 30.3 Å². The topological polar surface area (TPSA) is 40.5 Å². The fourth-order valence-electron chi connectivity index (χ4n) is 0.774. The van der Waals surface area contributed by atoms with Crippen molar-refractivity contribution in [2.75, 3.05) is 13.7 Å². The Bertz CT molecular complexity index is 160. The molecule has 0 fully saturated rings. The molecule has 2 N–H and O–H groups in total. The van der Waals surface area contributed by atoms with Gasteiger partial charge < -0.3 is 10.2 Å². The molecule has 0 unspecified atom stereocenters. The molecule has 62 valence electrons. The number of rotatable bonds is 2. The molecule has 1 aromatic carbocycles. The van der Waals surface area contributed by atoms with Crippen LogP contribution in [0.2, 0.25) is 0 Å². The van der Waals surface area contributed by atoms with Crippen LogP contribution in [0.5, 0.6) is 0 Å². The van der Waals surface area contributed by atoms with E-state index in [0.29, 0.717) is 0 Å². The van der Waals surface area contributed by atoms with Gasteiger partial charge in [-0.05, 0) is 12.0 Å². The van der Waals surface area contributed by atoms with Gasteiger partial charge in [-0.25, -0.2) is 0 Å². The van der Waals surface area contributed by atoms with Gasteiger partial charge in [-0.3, -0.25) is 0 Å². The normalized spacial score (nSPS) is 8.27. The molecule has 11 heavy (non-hydrogen) atoms. The van der Waals surface area contributed by atoms with E-state index in [0.717, 1.165) is 13.5 Å². The Balaban J connectivity index is 0.000000461. The first kappa shape index (κ1) is 10.1. The highest BCUT2D eigenvalue weighted by atomic mass is 16.3. The fraction of sp³-hybridized carbons (Fsp3) is 0.333. The maximum atomic E-state index is 8.52. The van der Waals surface area contributed by atoms with Crippen molar-refractivity contribution in [3.8, 4) is 0 Å². The van der Waals surface area contributed by atoms with Crippen LogP contribution >= 0.6 is 0 Å². The third kappa shape index (κ3) is 4.53. The van der Waals surface area contributed by atoms with E-state index in [2.05, 4.69) is 0 Å². The first-order chi connectivity index (χ1) is 5.43. The molecule has 2 heteroatoms. The summed E-state index contributed by atoms with van der Waals surface area (Å²) in [5.74, 6) is 0. The number of aliphatic hydroxyl groups excluding tert-OH is 2. The lowest BCUT2D eigenvalue weighted by Gasteiger charge is -1.93. The van der Waals surface area contributed by atoms with Crippen LogP contribution in [0.1, 0.15) is 5.56 Å².